The summed E-state index contributed by atoms with van der Waals surface area (Å²) in [7, 11) is 0. The number of halogens is 2. The summed E-state index contributed by atoms with van der Waals surface area (Å²) in [6.45, 7) is 15.5. The largest absolute Gasteiger partial charge is 0.490 e. The molecule has 49 heavy (non-hydrogen) atoms. The normalized spacial score (nSPS) is 21.0. The van der Waals surface area contributed by atoms with E-state index in [2.05, 4.69) is 11.8 Å². The first-order valence-corrected chi connectivity index (χ1v) is 17.2. The topological polar surface area (TPSA) is 85.5 Å². The number of carboxylic acid groups (broad SMARTS) is 1. The number of ether oxygens (including phenoxy) is 3. The Hall–Kier alpha value is -4.02. The van der Waals surface area contributed by atoms with Gasteiger partial charge in [-0.3, -0.25) is 4.40 Å². The van der Waals surface area contributed by atoms with E-state index in [0.29, 0.717) is 47.7 Å². The second-order valence-electron chi connectivity index (χ2n) is 14.8. The minimum atomic E-state index is -1.21. The Labute approximate surface area is 287 Å². The molecule has 5 heterocycles. The van der Waals surface area contributed by atoms with Crippen LogP contribution in [-0.2, 0) is 14.3 Å². The minimum Gasteiger partial charge on any atom is -0.490 e. The summed E-state index contributed by atoms with van der Waals surface area (Å²) in [5, 5.41) is 10.6. The highest BCUT2D eigenvalue weighted by Gasteiger charge is 2.38. The maximum Gasteiger partial charge on any atom is 0.337 e. The van der Waals surface area contributed by atoms with Crippen molar-refractivity contribution >= 4 is 17.4 Å². The number of fused-ring (bicyclic) bond motifs is 8. The van der Waals surface area contributed by atoms with Gasteiger partial charge in [0.25, 0.3) is 0 Å². The van der Waals surface area contributed by atoms with Gasteiger partial charge in [-0.15, -0.1) is 0 Å². The van der Waals surface area contributed by atoms with E-state index in [9.17, 15) is 18.7 Å². The average Bonchev–Trinajstić information content (AvgIpc) is 3.48. The molecule has 2 aromatic carbocycles. The van der Waals surface area contributed by atoms with Gasteiger partial charge < -0.3 is 24.2 Å². The van der Waals surface area contributed by atoms with Gasteiger partial charge in [0.2, 0.25) is 0 Å². The molecule has 2 aromatic heterocycles. The molecule has 0 spiro atoms. The summed E-state index contributed by atoms with van der Waals surface area (Å²) >= 11 is 0. The number of aromatic nitrogens is 2. The Morgan fingerprint density at radius 2 is 1.76 bits per heavy atom. The van der Waals surface area contributed by atoms with Crippen LogP contribution in [0.3, 0.4) is 0 Å². The van der Waals surface area contributed by atoms with E-state index in [1.54, 1.807) is 0 Å². The molecule has 8 nitrogen and oxygen atoms in total. The van der Waals surface area contributed by atoms with Gasteiger partial charge in [-0.25, -0.2) is 18.6 Å². The van der Waals surface area contributed by atoms with E-state index in [1.165, 1.54) is 6.07 Å². The first-order valence-electron chi connectivity index (χ1n) is 17.2. The minimum absolute atomic E-state index is 0.217. The summed E-state index contributed by atoms with van der Waals surface area (Å²) in [5.41, 5.74) is 4.46. The average molecular weight is 676 g/mol. The van der Waals surface area contributed by atoms with Crippen LogP contribution < -0.4 is 9.64 Å². The predicted octanol–water partition coefficient (Wildman–Crippen LogP) is 8.83. The Kier molecular flexibility index (Phi) is 9.50. The van der Waals surface area contributed by atoms with Crippen LogP contribution in [0.15, 0.2) is 42.6 Å². The van der Waals surface area contributed by atoms with Crippen LogP contribution in [0.5, 0.6) is 5.75 Å². The molecule has 6 bridgehead atoms. The molecule has 2 unspecified atom stereocenters. The van der Waals surface area contributed by atoms with Crippen molar-refractivity contribution in [3.8, 4) is 28.1 Å². The molecular formula is C39H47F2N3O5. The zero-order chi connectivity index (χ0) is 35.2. The van der Waals surface area contributed by atoms with Crippen molar-refractivity contribution in [2.24, 2.45) is 0 Å². The lowest BCUT2D eigenvalue weighted by Crippen LogP contribution is -2.45. The second kappa shape index (κ2) is 13.4. The Morgan fingerprint density at radius 1 is 1.06 bits per heavy atom. The molecular weight excluding hydrogens is 628 g/mol. The van der Waals surface area contributed by atoms with Crippen molar-refractivity contribution in [1.82, 2.24) is 9.38 Å². The molecule has 1 saturated heterocycles. The molecule has 3 aliphatic rings. The highest BCUT2D eigenvalue weighted by atomic mass is 19.2. The van der Waals surface area contributed by atoms with E-state index in [-0.39, 0.29) is 17.5 Å². The zero-order valence-corrected chi connectivity index (χ0v) is 29.5. The number of hydrogen-bond donors (Lipinski definition) is 1. The Bertz CT molecular complexity index is 1870. The van der Waals surface area contributed by atoms with E-state index >= 15 is 0 Å². The number of imidazole rings is 1. The van der Waals surface area contributed by atoms with Gasteiger partial charge in [-0.1, -0.05) is 18.2 Å². The molecule has 0 amide bonds. The standard InChI is InChI=1S/C39H47F2N3O5/c1-23-11-8-9-18-47-39(7)14-16-43(17-15-39)36-33(34(37(45)46)49-38(4,5)6)24(2)25(3)35-42-31(22-44(35)36)27-13-10-12-26(19-27)28-20-29(40)30(41)21-32(28)48-23/h10,12-13,19-23,34H,8-9,11,14-18H2,1-7H3,(H,45,46). The highest BCUT2D eigenvalue weighted by Crippen LogP contribution is 2.42. The van der Waals surface area contributed by atoms with Gasteiger partial charge in [0.1, 0.15) is 17.2 Å². The van der Waals surface area contributed by atoms with Crippen LogP contribution in [-0.4, -0.2) is 57.5 Å². The Balaban J connectivity index is 1.57. The van der Waals surface area contributed by atoms with Crippen LogP contribution in [0.25, 0.3) is 28.0 Å². The summed E-state index contributed by atoms with van der Waals surface area (Å²) < 4.78 is 50.2. The lowest BCUT2D eigenvalue weighted by atomic mass is 9.92. The molecule has 7 rings (SSSR count). The summed E-state index contributed by atoms with van der Waals surface area (Å²) in [6, 6.07) is 9.84. The third-order valence-corrected chi connectivity index (χ3v) is 9.83. The number of anilines is 1. The van der Waals surface area contributed by atoms with Crippen molar-refractivity contribution in [2.45, 2.75) is 104 Å². The van der Waals surface area contributed by atoms with Gasteiger partial charge >= 0.3 is 5.97 Å². The number of benzene rings is 2. The number of aryl methyl sites for hydroxylation is 1. The third kappa shape index (κ3) is 7.17. The highest BCUT2D eigenvalue weighted by molar-refractivity contribution is 5.81. The summed E-state index contributed by atoms with van der Waals surface area (Å²) in [5.74, 6) is -1.96. The third-order valence-electron chi connectivity index (χ3n) is 9.83. The summed E-state index contributed by atoms with van der Waals surface area (Å²) in [6.07, 6.45) is 4.46. The van der Waals surface area contributed by atoms with Crippen molar-refractivity contribution in [3.63, 3.8) is 0 Å². The second-order valence-corrected chi connectivity index (χ2v) is 14.8. The molecule has 0 aliphatic carbocycles. The van der Waals surface area contributed by atoms with Crippen molar-refractivity contribution in [1.29, 1.82) is 0 Å². The molecule has 4 aromatic rings. The Morgan fingerprint density at radius 3 is 2.45 bits per heavy atom. The number of carbonyl (C=O) groups is 1. The number of rotatable bonds is 3. The molecule has 0 saturated carbocycles. The molecule has 1 fully saturated rings. The summed E-state index contributed by atoms with van der Waals surface area (Å²) in [4.78, 5) is 20.3. The van der Waals surface area contributed by atoms with Gasteiger partial charge in [0, 0.05) is 48.6 Å². The van der Waals surface area contributed by atoms with Gasteiger partial charge in [0.05, 0.1) is 23.0 Å². The van der Waals surface area contributed by atoms with Gasteiger partial charge in [0.15, 0.2) is 17.7 Å². The number of carboxylic acids is 1. The van der Waals surface area contributed by atoms with Gasteiger partial charge in [-0.05, 0) is 109 Å². The fraction of sp³-hybridized carbons (Fsp3) is 0.487. The van der Waals surface area contributed by atoms with E-state index in [1.807, 2.05) is 76.4 Å². The molecule has 262 valence electrons. The fourth-order valence-corrected chi connectivity index (χ4v) is 7.00. The van der Waals surface area contributed by atoms with Crippen molar-refractivity contribution in [3.05, 3.63) is 70.9 Å². The van der Waals surface area contributed by atoms with Crippen LogP contribution >= 0.6 is 0 Å². The molecule has 10 heteroatoms. The number of pyridine rings is 1. The van der Waals surface area contributed by atoms with Crippen LogP contribution in [0.4, 0.5) is 14.6 Å². The number of aliphatic carboxylic acids is 1. The molecule has 1 N–H and O–H groups in total. The van der Waals surface area contributed by atoms with Crippen molar-refractivity contribution < 1.29 is 32.9 Å². The SMILES string of the molecule is Cc1c(C(OC(C)(C)C)C(=O)O)c2n3cc(nc3c1C)-c1cccc(c1)-c1cc(F)c(F)cc1OC(C)CCCCOC1(C)CCN2CC1. The molecule has 2 atom stereocenters. The molecule has 0 radical (unpaired) electrons. The van der Waals surface area contributed by atoms with Crippen LogP contribution in [0, 0.1) is 25.5 Å². The lowest BCUT2D eigenvalue weighted by molar-refractivity contribution is -0.160. The number of piperidine rings is 1. The van der Waals surface area contributed by atoms with E-state index in [4.69, 9.17) is 19.2 Å². The molecule has 3 aliphatic heterocycles. The number of nitrogens with zero attached hydrogens (tertiary/aromatic N) is 3. The quantitative estimate of drug-likeness (QED) is 0.232. The zero-order valence-electron chi connectivity index (χ0n) is 29.5. The maximum absolute atomic E-state index is 14.7. The van der Waals surface area contributed by atoms with Crippen LogP contribution in [0.1, 0.15) is 89.5 Å². The first-order chi connectivity index (χ1) is 23.1. The van der Waals surface area contributed by atoms with E-state index in [0.717, 1.165) is 60.7 Å². The maximum atomic E-state index is 14.7. The predicted molar refractivity (Wildman–Crippen MR) is 186 cm³/mol. The van der Waals surface area contributed by atoms with Crippen LogP contribution in [0.2, 0.25) is 0 Å². The number of hydrogen-bond acceptors (Lipinski definition) is 6. The van der Waals surface area contributed by atoms with E-state index < -0.39 is 29.3 Å². The monoisotopic (exact) mass is 675 g/mol. The van der Waals surface area contributed by atoms with Crippen molar-refractivity contribution in [2.75, 3.05) is 24.6 Å². The first kappa shape index (κ1) is 34.8. The van der Waals surface area contributed by atoms with Gasteiger partial charge in [-0.2, -0.15) is 0 Å². The smallest absolute Gasteiger partial charge is 0.337 e. The lowest BCUT2D eigenvalue weighted by Gasteiger charge is -2.42. The fourth-order valence-electron chi connectivity index (χ4n) is 7.00.